The van der Waals surface area contributed by atoms with Crippen molar-refractivity contribution in [1.82, 2.24) is 0 Å². The first-order chi connectivity index (χ1) is 11.6. The van der Waals surface area contributed by atoms with Crippen LogP contribution >= 0.6 is 0 Å². The third-order valence-corrected chi connectivity index (χ3v) is 3.68. The van der Waals surface area contributed by atoms with E-state index >= 15 is 0 Å². The van der Waals surface area contributed by atoms with Crippen LogP contribution in [0.2, 0.25) is 0 Å². The van der Waals surface area contributed by atoms with E-state index in [0.717, 1.165) is 16.5 Å². The quantitative estimate of drug-likeness (QED) is 0.781. The molecule has 2 aromatic rings. The van der Waals surface area contributed by atoms with Crippen LogP contribution in [0.4, 0.5) is 0 Å². The normalized spacial score (nSPS) is 12.8. The fraction of sp³-hybridized carbons (Fsp3) is 0.200. The van der Waals surface area contributed by atoms with Crippen molar-refractivity contribution in [2.45, 2.75) is 26.2 Å². The lowest BCUT2D eigenvalue weighted by molar-refractivity contribution is 0.494. The molecule has 1 N–H and O–H groups in total. The lowest BCUT2D eigenvalue weighted by atomic mass is 9.87. The molecule has 0 spiro atoms. The van der Waals surface area contributed by atoms with Crippen molar-refractivity contribution in [2.75, 3.05) is 0 Å². The van der Waals surface area contributed by atoms with Gasteiger partial charge in [-0.15, -0.1) is 0 Å². The lowest BCUT2D eigenvalue weighted by Gasteiger charge is -2.18. The second-order valence-electron chi connectivity index (χ2n) is 6.27. The summed E-state index contributed by atoms with van der Waals surface area (Å²) in [7, 11) is -4.00. The summed E-state index contributed by atoms with van der Waals surface area (Å²) < 4.78 is 35.8. The molecule has 0 saturated carbocycles. The van der Waals surface area contributed by atoms with Gasteiger partial charge in [-0.3, -0.25) is 4.55 Å². The number of hydrogen-bond acceptors (Lipinski definition) is 2. The standard InChI is InChI=1S/C12H16.C8H8O3S/c1-5-10-6-8-11(9-7-10)12(2,3)4;9-12(10,11)7-6-8-4-2-1-3-5-8/h5-9H,1H2,2-4H3;1-7H,(H,9,10,11)/i1D;. The molecule has 0 amide bonds. The topological polar surface area (TPSA) is 54.4 Å². The van der Waals surface area contributed by atoms with Crippen LogP contribution < -0.4 is 0 Å². The van der Waals surface area contributed by atoms with Gasteiger partial charge in [0.2, 0.25) is 0 Å². The Morgan fingerprint density at radius 3 is 2.04 bits per heavy atom. The van der Waals surface area contributed by atoms with Crippen LogP contribution in [0, 0.1) is 0 Å². The highest BCUT2D eigenvalue weighted by Gasteiger charge is 2.12. The van der Waals surface area contributed by atoms with Gasteiger partial charge < -0.3 is 0 Å². The molecule has 0 aliphatic carbocycles. The van der Waals surface area contributed by atoms with Gasteiger partial charge in [-0.25, -0.2) is 0 Å². The summed E-state index contributed by atoms with van der Waals surface area (Å²) in [5.74, 6) is 0. The summed E-state index contributed by atoms with van der Waals surface area (Å²) >= 11 is 0. The van der Waals surface area contributed by atoms with E-state index in [9.17, 15) is 8.42 Å². The number of rotatable bonds is 3. The summed E-state index contributed by atoms with van der Waals surface area (Å²) in [5.41, 5.74) is 3.36. The zero-order chi connectivity index (χ0) is 18.9. The predicted octanol–water partition coefficient (Wildman–Crippen LogP) is 5.17. The third kappa shape index (κ3) is 7.90. The predicted molar refractivity (Wildman–Crippen MR) is 102 cm³/mol. The molecule has 3 nitrogen and oxygen atoms in total. The van der Waals surface area contributed by atoms with Gasteiger partial charge in [0.05, 0.1) is 6.78 Å². The molecular weight excluding hydrogens is 320 g/mol. The van der Waals surface area contributed by atoms with Crippen molar-refractivity contribution in [2.24, 2.45) is 0 Å². The Balaban J connectivity index is 0.000000251. The Hall–Kier alpha value is -2.17. The monoisotopic (exact) mass is 345 g/mol. The molecule has 128 valence electrons. The third-order valence-electron chi connectivity index (χ3n) is 3.20. The molecule has 0 aliphatic rings. The van der Waals surface area contributed by atoms with Gasteiger partial charge in [0.25, 0.3) is 10.1 Å². The Bertz CT molecular complexity index is 800. The summed E-state index contributed by atoms with van der Waals surface area (Å²) in [6.45, 7) is 7.90. The summed E-state index contributed by atoms with van der Waals surface area (Å²) in [5, 5.41) is 0.752. The van der Waals surface area contributed by atoms with Crippen molar-refractivity contribution in [1.29, 1.82) is 0 Å². The molecule has 0 bridgehead atoms. The maximum absolute atomic E-state index is 10.3. The highest BCUT2D eigenvalue weighted by atomic mass is 32.2. The Labute approximate surface area is 146 Å². The summed E-state index contributed by atoms with van der Waals surface area (Å²) in [6.07, 6.45) is 3.11. The number of benzene rings is 2. The first kappa shape index (κ1) is 18.2. The van der Waals surface area contributed by atoms with Crippen LogP contribution in [0.5, 0.6) is 0 Å². The molecule has 0 fully saturated rings. The van der Waals surface area contributed by atoms with Crippen molar-refractivity contribution in [3.8, 4) is 0 Å². The van der Waals surface area contributed by atoms with Gasteiger partial charge in [0.1, 0.15) is 0 Å². The molecule has 24 heavy (non-hydrogen) atoms. The molecule has 0 aliphatic heterocycles. The van der Waals surface area contributed by atoms with Crippen LogP contribution in [0.3, 0.4) is 0 Å². The van der Waals surface area contributed by atoms with Crippen LogP contribution in [0.25, 0.3) is 12.2 Å². The van der Waals surface area contributed by atoms with E-state index in [1.54, 1.807) is 30.3 Å². The summed E-state index contributed by atoms with van der Waals surface area (Å²) in [4.78, 5) is 0. The van der Waals surface area contributed by atoms with E-state index in [2.05, 4.69) is 32.9 Å². The smallest absolute Gasteiger partial charge is 0.282 e. The molecular formula is C20H24O3S. The minimum Gasteiger partial charge on any atom is -0.282 e. The van der Waals surface area contributed by atoms with E-state index in [0.29, 0.717) is 0 Å². The Kier molecular flexibility index (Phi) is 6.53. The Morgan fingerprint density at radius 2 is 1.58 bits per heavy atom. The zero-order valence-electron chi connectivity index (χ0n) is 15.2. The first-order valence-corrected chi connectivity index (χ1v) is 8.98. The van der Waals surface area contributed by atoms with Gasteiger partial charge in [-0.1, -0.05) is 88.0 Å². The van der Waals surface area contributed by atoms with Gasteiger partial charge in [-0.05, 0) is 28.2 Å². The van der Waals surface area contributed by atoms with Crippen molar-refractivity contribution >= 4 is 22.3 Å². The highest BCUT2D eigenvalue weighted by Crippen LogP contribution is 2.22. The molecule has 2 rings (SSSR count). The maximum atomic E-state index is 10.3. The molecule has 0 heterocycles. The minimum absolute atomic E-state index is 0.212. The van der Waals surface area contributed by atoms with E-state index in [1.165, 1.54) is 18.2 Å². The molecule has 0 aromatic heterocycles. The van der Waals surface area contributed by atoms with Crippen LogP contribution in [-0.4, -0.2) is 13.0 Å². The molecule has 0 saturated heterocycles. The molecule has 0 atom stereocenters. The zero-order valence-corrected chi connectivity index (χ0v) is 15.0. The molecule has 4 heteroatoms. The van der Waals surface area contributed by atoms with Crippen molar-refractivity contribution in [3.63, 3.8) is 0 Å². The van der Waals surface area contributed by atoms with E-state index in [1.807, 2.05) is 18.2 Å². The summed E-state index contributed by atoms with van der Waals surface area (Å²) in [6, 6.07) is 17.2. The number of hydrogen-bond donors (Lipinski definition) is 1. The Morgan fingerprint density at radius 1 is 1.00 bits per heavy atom. The lowest BCUT2D eigenvalue weighted by Crippen LogP contribution is -2.10. The average Bonchev–Trinajstić information content (AvgIpc) is 2.54. The second kappa shape index (κ2) is 8.62. The van der Waals surface area contributed by atoms with Crippen molar-refractivity contribution in [3.05, 3.63) is 83.3 Å². The van der Waals surface area contributed by atoms with Crippen molar-refractivity contribution < 1.29 is 14.3 Å². The van der Waals surface area contributed by atoms with Gasteiger partial charge in [0.15, 0.2) is 0 Å². The fourth-order valence-corrected chi connectivity index (χ4v) is 2.15. The van der Waals surface area contributed by atoms with E-state index in [-0.39, 0.29) is 5.41 Å². The first-order valence-electron chi connectivity index (χ1n) is 8.06. The minimum atomic E-state index is -4.00. The van der Waals surface area contributed by atoms with Crippen LogP contribution in [-0.2, 0) is 15.5 Å². The van der Waals surface area contributed by atoms with Gasteiger partial charge in [0, 0.05) is 0 Å². The average molecular weight is 345 g/mol. The van der Waals surface area contributed by atoms with E-state index < -0.39 is 10.1 Å². The SMILES string of the molecule is O=S(=O)(O)C=Cc1ccccc1.[2H]C=Cc1ccc(C(C)(C)C)cc1. The highest BCUT2D eigenvalue weighted by molar-refractivity contribution is 7.88. The molecule has 0 unspecified atom stereocenters. The fourth-order valence-electron chi connectivity index (χ4n) is 1.82. The maximum Gasteiger partial charge on any atom is 0.287 e. The second-order valence-corrected chi connectivity index (χ2v) is 7.57. The van der Waals surface area contributed by atoms with Crippen LogP contribution in [0.15, 0.2) is 66.6 Å². The van der Waals surface area contributed by atoms with Crippen LogP contribution in [0.1, 0.15) is 38.8 Å². The van der Waals surface area contributed by atoms with Gasteiger partial charge in [-0.2, -0.15) is 8.42 Å². The van der Waals surface area contributed by atoms with Gasteiger partial charge >= 0.3 is 0 Å². The largest absolute Gasteiger partial charge is 0.287 e. The van der Waals surface area contributed by atoms with E-state index in [4.69, 9.17) is 5.92 Å². The molecule has 0 radical (unpaired) electrons. The molecule has 2 aromatic carbocycles.